The van der Waals surface area contributed by atoms with Gasteiger partial charge in [0.15, 0.2) is 11.5 Å². The van der Waals surface area contributed by atoms with Crippen LogP contribution in [0.15, 0.2) is 36.4 Å². The smallest absolute Gasteiger partial charge is 0.256 e. The van der Waals surface area contributed by atoms with Crippen molar-refractivity contribution >= 4 is 34.2 Å². The van der Waals surface area contributed by atoms with E-state index in [2.05, 4.69) is 27.9 Å². The third kappa shape index (κ3) is 4.35. The molecule has 0 spiro atoms. The number of rotatable bonds is 6. The summed E-state index contributed by atoms with van der Waals surface area (Å²) in [6, 6.07) is 11.0. The fourth-order valence-electron chi connectivity index (χ4n) is 2.13. The van der Waals surface area contributed by atoms with Gasteiger partial charge in [-0.05, 0) is 52.4 Å². The second kappa shape index (κ2) is 8.16. The molecule has 6 heteroatoms. The first kappa shape index (κ1) is 17.6. The van der Waals surface area contributed by atoms with Gasteiger partial charge in [0.25, 0.3) is 5.91 Å². The maximum absolute atomic E-state index is 12.5. The molecule has 2 aromatic rings. The highest BCUT2D eigenvalue weighted by molar-refractivity contribution is 14.1. The molecule has 2 aromatic carbocycles. The van der Waals surface area contributed by atoms with Gasteiger partial charge in [-0.2, -0.15) is 0 Å². The number of hydrogen-bond donors (Lipinski definition) is 1. The van der Waals surface area contributed by atoms with E-state index in [4.69, 9.17) is 14.2 Å². The lowest BCUT2D eigenvalue weighted by Crippen LogP contribution is -2.14. The fraction of sp³-hybridized carbons (Fsp3) is 0.235. The van der Waals surface area contributed by atoms with Gasteiger partial charge in [-0.1, -0.05) is 12.1 Å². The summed E-state index contributed by atoms with van der Waals surface area (Å²) in [7, 11) is 4.74. The minimum absolute atomic E-state index is 0.204. The van der Waals surface area contributed by atoms with E-state index >= 15 is 0 Å². The van der Waals surface area contributed by atoms with Crippen LogP contribution in [0, 0.1) is 3.57 Å². The Morgan fingerprint density at radius 3 is 2.43 bits per heavy atom. The Balaban J connectivity index is 2.25. The molecule has 0 fully saturated rings. The summed E-state index contributed by atoms with van der Waals surface area (Å²) in [5, 5.41) is 2.89. The quantitative estimate of drug-likeness (QED) is 0.715. The number of ether oxygens (including phenoxy) is 3. The molecule has 2 rings (SSSR count). The summed E-state index contributed by atoms with van der Waals surface area (Å²) in [5.41, 5.74) is 2.24. The third-order valence-electron chi connectivity index (χ3n) is 3.21. The maximum Gasteiger partial charge on any atom is 0.256 e. The van der Waals surface area contributed by atoms with Gasteiger partial charge in [0.1, 0.15) is 0 Å². The van der Waals surface area contributed by atoms with Crippen molar-refractivity contribution in [1.29, 1.82) is 0 Å². The van der Waals surface area contributed by atoms with Gasteiger partial charge in [0.05, 0.1) is 26.4 Å². The molecule has 0 aromatic heterocycles. The first-order valence-electron chi connectivity index (χ1n) is 6.89. The maximum atomic E-state index is 12.5. The topological polar surface area (TPSA) is 56.8 Å². The summed E-state index contributed by atoms with van der Waals surface area (Å²) in [6.07, 6.45) is 0. The van der Waals surface area contributed by atoms with E-state index in [-0.39, 0.29) is 5.91 Å². The third-order valence-corrected chi connectivity index (χ3v) is 4.11. The molecule has 0 heterocycles. The number of amides is 1. The lowest BCUT2D eigenvalue weighted by molar-refractivity contribution is 0.102. The van der Waals surface area contributed by atoms with E-state index in [0.717, 1.165) is 14.8 Å². The minimum atomic E-state index is -0.204. The molecular formula is C17H18INO4. The predicted octanol–water partition coefficient (Wildman–Crippen LogP) is 3.71. The van der Waals surface area contributed by atoms with E-state index in [1.807, 2.05) is 24.3 Å². The molecule has 0 atom stereocenters. The van der Waals surface area contributed by atoms with Crippen molar-refractivity contribution in [3.8, 4) is 11.5 Å². The van der Waals surface area contributed by atoms with E-state index in [1.165, 1.54) is 0 Å². The normalized spacial score (nSPS) is 10.3. The first-order chi connectivity index (χ1) is 11.1. The number of hydrogen-bond acceptors (Lipinski definition) is 4. The van der Waals surface area contributed by atoms with Crippen LogP contribution >= 0.6 is 22.6 Å². The molecule has 0 saturated heterocycles. The standard InChI is InChI=1S/C17H18INO4/c1-21-10-11-5-4-6-12(7-11)19-17(20)13-8-15(22-2)16(23-3)9-14(13)18/h4-9H,10H2,1-3H3,(H,19,20). The van der Waals surface area contributed by atoms with Gasteiger partial charge < -0.3 is 19.5 Å². The van der Waals surface area contributed by atoms with Crippen LogP contribution in [0.4, 0.5) is 5.69 Å². The lowest BCUT2D eigenvalue weighted by Gasteiger charge is -2.12. The first-order valence-corrected chi connectivity index (χ1v) is 7.97. The summed E-state index contributed by atoms with van der Waals surface area (Å²) in [4.78, 5) is 12.5. The fourth-order valence-corrected chi connectivity index (χ4v) is 2.82. The van der Waals surface area contributed by atoms with E-state index < -0.39 is 0 Å². The van der Waals surface area contributed by atoms with Gasteiger partial charge in [0, 0.05) is 16.4 Å². The van der Waals surface area contributed by atoms with Crippen molar-refractivity contribution < 1.29 is 19.0 Å². The van der Waals surface area contributed by atoms with Crippen molar-refractivity contribution in [2.75, 3.05) is 26.6 Å². The number of carbonyl (C=O) groups is 1. The summed E-state index contributed by atoms with van der Waals surface area (Å²) >= 11 is 2.10. The van der Waals surface area contributed by atoms with Crippen molar-refractivity contribution in [3.05, 3.63) is 51.1 Å². The van der Waals surface area contributed by atoms with Crippen LogP contribution in [0.25, 0.3) is 0 Å². The van der Waals surface area contributed by atoms with Crippen molar-refractivity contribution in [1.82, 2.24) is 0 Å². The molecule has 0 radical (unpaired) electrons. The number of benzene rings is 2. The Morgan fingerprint density at radius 2 is 1.78 bits per heavy atom. The molecule has 0 bridgehead atoms. The number of methoxy groups -OCH3 is 3. The molecule has 0 aliphatic carbocycles. The Bertz CT molecular complexity index is 703. The van der Waals surface area contributed by atoms with Crippen LogP contribution in [0.5, 0.6) is 11.5 Å². The van der Waals surface area contributed by atoms with E-state index in [1.54, 1.807) is 33.5 Å². The Kier molecular flexibility index (Phi) is 6.23. The molecular weight excluding hydrogens is 409 g/mol. The molecule has 23 heavy (non-hydrogen) atoms. The lowest BCUT2D eigenvalue weighted by atomic mass is 10.1. The average molecular weight is 427 g/mol. The van der Waals surface area contributed by atoms with Gasteiger partial charge in [0.2, 0.25) is 0 Å². The summed E-state index contributed by atoms with van der Waals surface area (Å²) < 4.78 is 16.4. The highest BCUT2D eigenvalue weighted by Crippen LogP contribution is 2.31. The van der Waals surface area contributed by atoms with Gasteiger partial charge >= 0.3 is 0 Å². The molecule has 1 N–H and O–H groups in total. The second-order valence-corrected chi connectivity index (χ2v) is 5.94. The van der Waals surface area contributed by atoms with Crippen molar-refractivity contribution in [2.45, 2.75) is 6.61 Å². The van der Waals surface area contributed by atoms with Crippen LogP contribution in [0.1, 0.15) is 15.9 Å². The van der Waals surface area contributed by atoms with Crippen LogP contribution in [-0.2, 0) is 11.3 Å². The summed E-state index contributed by atoms with van der Waals surface area (Å²) in [6.45, 7) is 0.498. The number of halogens is 1. The molecule has 0 aliphatic heterocycles. The van der Waals surface area contributed by atoms with Crippen LogP contribution < -0.4 is 14.8 Å². The highest BCUT2D eigenvalue weighted by atomic mass is 127. The largest absolute Gasteiger partial charge is 0.493 e. The Labute approximate surface area is 149 Å². The van der Waals surface area contributed by atoms with Crippen molar-refractivity contribution in [2.24, 2.45) is 0 Å². The average Bonchev–Trinajstić information content (AvgIpc) is 2.55. The van der Waals surface area contributed by atoms with Crippen LogP contribution in [0.3, 0.4) is 0 Å². The van der Waals surface area contributed by atoms with Gasteiger partial charge in [-0.15, -0.1) is 0 Å². The predicted molar refractivity (Wildman–Crippen MR) is 97.4 cm³/mol. The zero-order valence-corrected chi connectivity index (χ0v) is 15.3. The zero-order valence-electron chi connectivity index (χ0n) is 13.2. The Hall–Kier alpha value is -1.80. The number of nitrogens with one attached hydrogen (secondary N) is 1. The highest BCUT2D eigenvalue weighted by Gasteiger charge is 2.15. The number of anilines is 1. The second-order valence-electron chi connectivity index (χ2n) is 4.77. The molecule has 0 saturated carbocycles. The molecule has 0 aliphatic rings. The molecule has 1 amide bonds. The van der Waals surface area contributed by atoms with Gasteiger partial charge in [-0.25, -0.2) is 0 Å². The van der Waals surface area contributed by atoms with Gasteiger partial charge in [-0.3, -0.25) is 4.79 Å². The van der Waals surface area contributed by atoms with Crippen molar-refractivity contribution in [3.63, 3.8) is 0 Å². The molecule has 5 nitrogen and oxygen atoms in total. The Morgan fingerprint density at radius 1 is 1.09 bits per heavy atom. The SMILES string of the molecule is COCc1cccc(NC(=O)c2cc(OC)c(OC)cc2I)c1. The molecule has 0 unspecified atom stereocenters. The monoisotopic (exact) mass is 427 g/mol. The zero-order chi connectivity index (χ0) is 16.8. The minimum Gasteiger partial charge on any atom is -0.493 e. The van der Waals surface area contributed by atoms with E-state index in [0.29, 0.717) is 23.7 Å². The molecule has 122 valence electrons. The number of carbonyl (C=O) groups excluding carboxylic acids is 1. The summed E-state index contributed by atoms with van der Waals surface area (Å²) in [5.74, 6) is 0.909. The van der Waals surface area contributed by atoms with Crippen LogP contribution in [0.2, 0.25) is 0 Å². The van der Waals surface area contributed by atoms with Crippen LogP contribution in [-0.4, -0.2) is 27.2 Å². The van der Waals surface area contributed by atoms with E-state index in [9.17, 15) is 4.79 Å².